The highest BCUT2D eigenvalue weighted by molar-refractivity contribution is 9.10. The summed E-state index contributed by atoms with van der Waals surface area (Å²) in [5.74, 6) is 0.467. The van der Waals surface area contributed by atoms with Crippen molar-refractivity contribution in [2.75, 3.05) is 13.7 Å². The van der Waals surface area contributed by atoms with E-state index in [1.807, 2.05) is 0 Å². The number of hydrogen-bond acceptors (Lipinski definition) is 4. The summed E-state index contributed by atoms with van der Waals surface area (Å²) in [6, 6.07) is 3.05. The Balaban J connectivity index is 0.00000225. The van der Waals surface area contributed by atoms with Crippen LogP contribution in [0, 0.1) is 0 Å². The first-order valence-electron chi connectivity index (χ1n) is 4.51. The number of ether oxygens (including phenoxy) is 1. The molecule has 1 rings (SSSR count). The van der Waals surface area contributed by atoms with Crippen LogP contribution in [0.2, 0.25) is 0 Å². The minimum atomic E-state index is -0.390. The standard InChI is InChI=1S/C10H14BrNO3.ClH/c1-15-9-3-2-8(11)7(10(9)14)4-6(12)5-13;/h2-3,6,13-14H,4-5,12H2,1H3;1H. The van der Waals surface area contributed by atoms with Gasteiger partial charge in [0.2, 0.25) is 0 Å². The van der Waals surface area contributed by atoms with Crippen LogP contribution < -0.4 is 10.5 Å². The molecule has 4 nitrogen and oxygen atoms in total. The molecule has 1 unspecified atom stereocenters. The number of hydrogen-bond donors (Lipinski definition) is 3. The third-order valence-electron chi connectivity index (χ3n) is 2.11. The summed E-state index contributed by atoms with van der Waals surface area (Å²) in [6.45, 7) is -0.122. The number of aliphatic hydroxyl groups is 1. The number of rotatable bonds is 4. The minimum Gasteiger partial charge on any atom is -0.504 e. The normalized spacial score (nSPS) is 11.8. The smallest absolute Gasteiger partial charge is 0.162 e. The van der Waals surface area contributed by atoms with Crippen LogP contribution in [0.3, 0.4) is 0 Å². The molecule has 92 valence electrons. The Morgan fingerprint density at radius 2 is 2.12 bits per heavy atom. The van der Waals surface area contributed by atoms with Crippen LogP contribution in [0.15, 0.2) is 16.6 Å². The predicted molar refractivity (Wildman–Crippen MR) is 68.4 cm³/mol. The number of benzene rings is 1. The van der Waals surface area contributed by atoms with Gasteiger partial charge in [-0.1, -0.05) is 15.9 Å². The second-order valence-corrected chi connectivity index (χ2v) is 4.08. The fourth-order valence-corrected chi connectivity index (χ4v) is 1.76. The Labute approximate surface area is 109 Å². The summed E-state index contributed by atoms with van der Waals surface area (Å²) >= 11 is 3.32. The molecule has 6 heteroatoms. The van der Waals surface area contributed by atoms with Crippen molar-refractivity contribution in [1.82, 2.24) is 0 Å². The number of aromatic hydroxyl groups is 1. The maximum atomic E-state index is 9.82. The van der Waals surface area contributed by atoms with E-state index in [9.17, 15) is 5.11 Å². The first-order chi connectivity index (χ1) is 7.10. The summed E-state index contributed by atoms with van der Waals surface area (Å²) in [5, 5.41) is 18.7. The molecule has 0 fully saturated rings. The zero-order valence-electron chi connectivity index (χ0n) is 8.81. The zero-order chi connectivity index (χ0) is 11.4. The molecule has 0 amide bonds. The van der Waals surface area contributed by atoms with Crippen LogP contribution in [0.1, 0.15) is 5.56 Å². The largest absolute Gasteiger partial charge is 0.504 e. The molecule has 0 aromatic heterocycles. The van der Waals surface area contributed by atoms with E-state index >= 15 is 0 Å². The molecule has 0 bridgehead atoms. The molecule has 0 radical (unpaired) electrons. The first-order valence-corrected chi connectivity index (χ1v) is 5.30. The summed E-state index contributed by atoms with van der Waals surface area (Å²) < 4.78 is 5.74. The van der Waals surface area contributed by atoms with Crippen molar-refractivity contribution in [1.29, 1.82) is 0 Å². The number of phenolic OH excluding ortho intramolecular Hbond substituents is 1. The average molecular weight is 313 g/mol. The van der Waals surface area contributed by atoms with E-state index in [2.05, 4.69) is 15.9 Å². The van der Waals surface area contributed by atoms with E-state index in [-0.39, 0.29) is 30.8 Å². The molecule has 4 N–H and O–H groups in total. The number of halogens is 2. The van der Waals surface area contributed by atoms with Gasteiger partial charge in [0.1, 0.15) is 0 Å². The number of aliphatic hydroxyl groups excluding tert-OH is 1. The molecule has 0 aliphatic rings. The molecule has 0 spiro atoms. The van der Waals surface area contributed by atoms with Gasteiger partial charge in [0.25, 0.3) is 0 Å². The van der Waals surface area contributed by atoms with E-state index in [4.69, 9.17) is 15.6 Å². The number of nitrogens with two attached hydrogens (primary N) is 1. The molecule has 0 saturated carbocycles. The van der Waals surface area contributed by atoms with Gasteiger partial charge >= 0.3 is 0 Å². The van der Waals surface area contributed by atoms with Crippen LogP contribution in [0.5, 0.6) is 11.5 Å². The van der Waals surface area contributed by atoms with Gasteiger partial charge in [0, 0.05) is 16.1 Å². The van der Waals surface area contributed by atoms with Gasteiger partial charge in [-0.2, -0.15) is 0 Å². The van der Waals surface area contributed by atoms with Crippen molar-refractivity contribution in [2.45, 2.75) is 12.5 Å². The van der Waals surface area contributed by atoms with Crippen molar-refractivity contribution in [3.8, 4) is 11.5 Å². The summed E-state index contributed by atoms with van der Waals surface area (Å²) in [7, 11) is 1.48. The lowest BCUT2D eigenvalue weighted by Crippen LogP contribution is -2.27. The molecule has 0 heterocycles. The predicted octanol–water partition coefficient (Wildman–Crippen LogP) is 1.45. The molecule has 0 saturated heterocycles. The fraction of sp³-hybridized carbons (Fsp3) is 0.400. The van der Waals surface area contributed by atoms with Gasteiger partial charge in [0.05, 0.1) is 13.7 Å². The highest BCUT2D eigenvalue weighted by Gasteiger charge is 2.14. The number of phenols is 1. The van der Waals surface area contributed by atoms with Crippen LogP contribution in [0.25, 0.3) is 0 Å². The lowest BCUT2D eigenvalue weighted by atomic mass is 10.1. The molecule has 16 heavy (non-hydrogen) atoms. The van der Waals surface area contributed by atoms with Gasteiger partial charge in [-0.15, -0.1) is 12.4 Å². The van der Waals surface area contributed by atoms with E-state index in [0.29, 0.717) is 17.7 Å². The second kappa shape index (κ2) is 6.96. The number of methoxy groups -OCH3 is 1. The van der Waals surface area contributed by atoms with Crippen molar-refractivity contribution in [3.63, 3.8) is 0 Å². The molecular weight excluding hydrogens is 297 g/mol. The Hall–Kier alpha value is -0.490. The SMILES string of the molecule is COc1ccc(Br)c(CC(N)CO)c1O.Cl. The Bertz CT molecular complexity index is 349. The highest BCUT2D eigenvalue weighted by atomic mass is 79.9. The van der Waals surface area contributed by atoms with E-state index in [1.54, 1.807) is 12.1 Å². The van der Waals surface area contributed by atoms with Gasteiger partial charge < -0.3 is 20.7 Å². The van der Waals surface area contributed by atoms with Crippen molar-refractivity contribution < 1.29 is 14.9 Å². The first kappa shape index (κ1) is 15.5. The van der Waals surface area contributed by atoms with Crippen molar-refractivity contribution in [2.24, 2.45) is 5.73 Å². The van der Waals surface area contributed by atoms with E-state index in [1.165, 1.54) is 7.11 Å². The molecule has 1 aromatic carbocycles. The third-order valence-corrected chi connectivity index (χ3v) is 2.85. The van der Waals surface area contributed by atoms with Crippen molar-refractivity contribution >= 4 is 28.3 Å². The van der Waals surface area contributed by atoms with E-state index in [0.717, 1.165) is 4.47 Å². The van der Waals surface area contributed by atoms with Crippen LogP contribution in [-0.4, -0.2) is 30.0 Å². The Morgan fingerprint density at radius 3 is 2.62 bits per heavy atom. The maximum absolute atomic E-state index is 9.82. The molecule has 0 aliphatic carbocycles. The average Bonchev–Trinajstić information content (AvgIpc) is 2.24. The Morgan fingerprint density at radius 1 is 1.50 bits per heavy atom. The van der Waals surface area contributed by atoms with E-state index < -0.39 is 0 Å². The summed E-state index contributed by atoms with van der Waals surface area (Å²) in [5.41, 5.74) is 6.26. The van der Waals surface area contributed by atoms with Gasteiger partial charge in [-0.05, 0) is 18.6 Å². The molecule has 1 aromatic rings. The zero-order valence-corrected chi connectivity index (χ0v) is 11.2. The molecule has 0 aliphatic heterocycles. The lowest BCUT2D eigenvalue weighted by molar-refractivity contribution is 0.264. The minimum absolute atomic E-state index is 0. The maximum Gasteiger partial charge on any atom is 0.162 e. The highest BCUT2D eigenvalue weighted by Crippen LogP contribution is 2.35. The second-order valence-electron chi connectivity index (χ2n) is 3.22. The van der Waals surface area contributed by atoms with Crippen LogP contribution in [-0.2, 0) is 6.42 Å². The quantitative estimate of drug-likeness (QED) is 0.786. The van der Waals surface area contributed by atoms with Crippen LogP contribution >= 0.6 is 28.3 Å². The topological polar surface area (TPSA) is 75.7 Å². The van der Waals surface area contributed by atoms with Gasteiger partial charge in [0.15, 0.2) is 11.5 Å². The lowest BCUT2D eigenvalue weighted by Gasteiger charge is -2.13. The van der Waals surface area contributed by atoms with Crippen LogP contribution in [0.4, 0.5) is 0 Å². The molecular formula is C10H15BrClNO3. The monoisotopic (exact) mass is 311 g/mol. The third kappa shape index (κ3) is 3.52. The summed E-state index contributed by atoms with van der Waals surface area (Å²) in [4.78, 5) is 0. The Kier molecular flexibility index (Phi) is 6.74. The van der Waals surface area contributed by atoms with Gasteiger partial charge in [-0.3, -0.25) is 0 Å². The van der Waals surface area contributed by atoms with Gasteiger partial charge in [-0.25, -0.2) is 0 Å². The summed E-state index contributed by atoms with van der Waals surface area (Å²) in [6.07, 6.45) is 0.389. The molecule has 1 atom stereocenters. The van der Waals surface area contributed by atoms with Crippen molar-refractivity contribution in [3.05, 3.63) is 22.2 Å². The fourth-order valence-electron chi connectivity index (χ4n) is 1.28.